The van der Waals surface area contributed by atoms with E-state index >= 15 is 0 Å². The fourth-order valence-corrected chi connectivity index (χ4v) is 1.80. The molecule has 0 aliphatic rings. The summed E-state index contributed by atoms with van der Waals surface area (Å²) in [6.45, 7) is 1.93. The number of alkyl halides is 3. The van der Waals surface area contributed by atoms with E-state index in [-0.39, 0.29) is 5.82 Å². The van der Waals surface area contributed by atoms with Gasteiger partial charge in [0.1, 0.15) is 12.1 Å². The van der Waals surface area contributed by atoms with Crippen molar-refractivity contribution in [1.82, 2.24) is 19.7 Å². The van der Waals surface area contributed by atoms with E-state index < -0.39 is 11.9 Å². The third-order valence-electron chi connectivity index (χ3n) is 2.66. The van der Waals surface area contributed by atoms with Crippen LogP contribution in [0.3, 0.4) is 0 Å². The minimum absolute atomic E-state index is 0.283. The number of nitrogens with one attached hydrogen (secondary N) is 1. The number of hydrogen-bond donors (Lipinski definition) is 2. The summed E-state index contributed by atoms with van der Waals surface area (Å²) in [5.41, 5.74) is 2.06. The van der Waals surface area contributed by atoms with Gasteiger partial charge in [-0.1, -0.05) is 13.3 Å². The van der Waals surface area contributed by atoms with Crippen LogP contribution in [0.1, 0.15) is 24.6 Å². The van der Waals surface area contributed by atoms with Gasteiger partial charge in [0, 0.05) is 11.8 Å². The van der Waals surface area contributed by atoms with Crippen molar-refractivity contribution in [2.24, 2.45) is 5.84 Å². The van der Waals surface area contributed by atoms with Gasteiger partial charge in [-0.3, -0.25) is 0 Å². The van der Waals surface area contributed by atoms with Gasteiger partial charge in [-0.25, -0.2) is 20.5 Å². The SMILES string of the molecule is CCCc1c(NN)ncnc1-n1ccc(C(F)(F)F)n1. The Morgan fingerprint density at radius 1 is 1.35 bits per heavy atom. The normalized spacial score (nSPS) is 11.7. The minimum atomic E-state index is -4.49. The first kappa shape index (κ1) is 14.3. The first-order valence-electron chi connectivity index (χ1n) is 5.91. The molecular weight excluding hydrogens is 273 g/mol. The number of nitrogens with two attached hydrogens (primary N) is 1. The average Bonchev–Trinajstić information content (AvgIpc) is 2.88. The van der Waals surface area contributed by atoms with Crippen LogP contribution in [-0.4, -0.2) is 19.7 Å². The van der Waals surface area contributed by atoms with Crippen molar-refractivity contribution >= 4 is 5.82 Å². The van der Waals surface area contributed by atoms with Crippen molar-refractivity contribution in [3.8, 4) is 5.82 Å². The molecule has 0 unspecified atom stereocenters. The van der Waals surface area contributed by atoms with Crippen molar-refractivity contribution in [2.75, 3.05) is 5.43 Å². The molecule has 0 saturated heterocycles. The highest BCUT2D eigenvalue weighted by Crippen LogP contribution is 2.28. The monoisotopic (exact) mass is 286 g/mol. The van der Waals surface area contributed by atoms with Gasteiger partial charge in [0.05, 0.1) is 0 Å². The summed E-state index contributed by atoms with van der Waals surface area (Å²) < 4.78 is 38.8. The molecular formula is C11H13F3N6. The van der Waals surface area contributed by atoms with E-state index in [9.17, 15) is 13.2 Å². The van der Waals surface area contributed by atoms with Crippen molar-refractivity contribution in [1.29, 1.82) is 0 Å². The Morgan fingerprint density at radius 2 is 2.10 bits per heavy atom. The van der Waals surface area contributed by atoms with E-state index in [1.807, 2.05) is 6.92 Å². The third-order valence-corrected chi connectivity index (χ3v) is 2.66. The number of anilines is 1. The number of nitrogens with zero attached hydrogens (tertiary/aromatic N) is 4. The fourth-order valence-electron chi connectivity index (χ4n) is 1.80. The highest BCUT2D eigenvalue weighted by molar-refractivity contribution is 5.50. The zero-order chi connectivity index (χ0) is 14.8. The lowest BCUT2D eigenvalue weighted by Crippen LogP contribution is -2.15. The smallest absolute Gasteiger partial charge is 0.308 e. The first-order chi connectivity index (χ1) is 9.47. The summed E-state index contributed by atoms with van der Waals surface area (Å²) in [4.78, 5) is 7.94. The molecule has 3 N–H and O–H groups in total. The summed E-state index contributed by atoms with van der Waals surface area (Å²) in [6.07, 6.45) is -0.721. The zero-order valence-corrected chi connectivity index (χ0v) is 10.6. The minimum Gasteiger partial charge on any atom is -0.308 e. The molecule has 0 spiro atoms. The Hall–Kier alpha value is -2.16. The maximum absolute atomic E-state index is 12.6. The lowest BCUT2D eigenvalue weighted by atomic mass is 10.1. The Labute approximate surface area is 112 Å². The number of nitrogen functional groups attached to an aromatic ring is 1. The van der Waals surface area contributed by atoms with Crippen LogP contribution < -0.4 is 11.3 Å². The van der Waals surface area contributed by atoms with Gasteiger partial charge in [0.2, 0.25) is 0 Å². The van der Waals surface area contributed by atoms with E-state index in [1.165, 1.54) is 12.5 Å². The van der Waals surface area contributed by atoms with Crippen LogP contribution >= 0.6 is 0 Å². The number of hydrogen-bond acceptors (Lipinski definition) is 5. The highest BCUT2D eigenvalue weighted by Gasteiger charge is 2.34. The number of aromatic nitrogens is 4. The predicted octanol–water partition coefficient (Wildman–Crippen LogP) is 1.92. The quantitative estimate of drug-likeness (QED) is 0.663. The summed E-state index contributed by atoms with van der Waals surface area (Å²) in [6, 6.07) is 0.896. The molecule has 0 saturated carbocycles. The van der Waals surface area contributed by atoms with Crippen molar-refractivity contribution in [3.05, 3.63) is 29.8 Å². The molecule has 0 fully saturated rings. The van der Waals surface area contributed by atoms with Crippen LogP contribution in [0.25, 0.3) is 5.82 Å². The van der Waals surface area contributed by atoms with Crippen LogP contribution in [0.5, 0.6) is 0 Å². The molecule has 2 aromatic rings. The second kappa shape index (κ2) is 5.45. The summed E-state index contributed by atoms with van der Waals surface area (Å²) in [5, 5.41) is 3.50. The Bertz CT molecular complexity index is 592. The second-order valence-electron chi connectivity index (χ2n) is 4.06. The molecule has 0 bridgehead atoms. The molecule has 0 aliphatic carbocycles. The van der Waals surface area contributed by atoms with Gasteiger partial charge in [-0.15, -0.1) is 0 Å². The molecule has 108 valence electrons. The van der Waals surface area contributed by atoms with E-state index in [2.05, 4.69) is 20.5 Å². The zero-order valence-electron chi connectivity index (χ0n) is 10.6. The van der Waals surface area contributed by atoms with Crippen molar-refractivity contribution in [3.63, 3.8) is 0 Å². The largest absolute Gasteiger partial charge is 0.435 e. The topological polar surface area (TPSA) is 81.6 Å². The first-order valence-corrected chi connectivity index (χ1v) is 5.91. The second-order valence-corrected chi connectivity index (χ2v) is 4.06. The standard InChI is InChI=1S/C11H13F3N6/c1-2-3-7-9(18-15)16-6-17-10(7)20-5-4-8(19-20)11(12,13)14/h4-6H,2-3,15H2,1H3,(H,16,17,18). The molecule has 9 heteroatoms. The maximum atomic E-state index is 12.6. The van der Waals surface area contributed by atoms with Gasteiger partial charge in [0.25, 0.3) is 0 Å². The van der Waals surface area contributed by atoms with E-state index in [0.717, 1.165) is 17.2 Å². The van der Waals surface area contributed by atoms with E-state index in [1.54, 1.807) is 0 Å². The van der Waals surface area contributed by atoms with E-state index in [4.69, 9.17) is 5.84 Å². The summed E-state index contributed by atoms with van der Waals surface area (Å²) in [5.74, 6) is 6.01. The summed E-state index contributed by atoms with van der Waals surface area (Å²) >= 11 is 0. The number of rotatable bonds is 4. The van der Waals surface area contributed by atoms with Gasteiger partial charge >= 0.3 is 6.18 Å². The molecule has 20 heavy (non-hydrogen) atoms. The highest BCUT2D eigenvalue weighted by atomic mass is 19.4. The van der Waals surface area contributed by atoms with Crippen LogP contribution in [0, 0.1) is 0 Å². The third kappa shape index (κ3) is 2.72. The van der Waals surface area contributed by atoms with Crippen molar-refractivity contribution in [2.45, 2.75) is 25.9 Å². The predicted molar refractivity (Wildman–Crippen MR) is 66.0 cm³/mol. The molecule has 0 atom stereocenters. The van der Waals surface area contributed by atoms with Gasteiger partial charge in [0.15, 0.2) is 11.5 Å². The molecule has 2 aromatic heterocycles. The molecule has 2 rings (SSSR count). The number of halogens is 3. The number of hydrazine groups is 1. The Kier molecular flexibility index (Phi) is 3.89. The average molecular weight is 286 g/mol. The van der Waals surface area contributed by atoms with Gasteiger partial charge in [-0.05, 0) is 12.5 Å². The van der Waals surface area contributed by atoms with Crippen LogP contribution in [0.2, 0.25) is 0 Å². The van der Waals surface area contributed by atoms with Crippen molar-refractivity contribution < 1.29 is 13.2 Å². The van der Waals surface area contributed by atoms with Crippen LogP contribution in [-0.2, 0) is 12.6 Å². The Balaban J connectivity index is 2.49. The van der Waals surface area contributed by atoms with Gasteiger partial charge < -0.3 is 5.43 Å². The molecule has 2 heterocycles. The van der Waals surface area contributed by atoms with Crippen LogP contribution in [0.15, 0.2) is 18.6 Å². The molecule has 0 amide bonds. The fraction of sp³-hybridized carbons (Fsp3) is 0.364. The summed E-state index contributed by atoms with van der Waals surface area (Å²) in [7, 11) is 0. The molecule has 6 nitrogen and oxygen atoms in total. The lowest BCUT2D eigenvalue weighted by molar-refractivity contribution is -0.141. The van der Waals surface area contributed by atoms with E-state index in [0.29, 0.717) is 17.8 Å². The maximum Gasteiger partial charge on any atom is 0.435 e. The Morgan fingerprint density at radius 3 is 2.65 bits per heavy atom. The van der Waals surface area contributed by atoms with Gasteiger partial charge in [-0.2, -0.15) is 18.3 Å². The molecule has 0 aliphatic heterocycles. The van der Waals surface area contributed by atoms with Crippen LogP contribution in [0.4, 0.5) is 19.0 Å². The molecule has 0 radical (unpaired) electrons. The lowest BCUT2D eigenvalue weighted by Gasteiger charge is -2.11. The molecule has 0 aromatic carbocycles.